The first-order valence-corrected chi connectivity index (χ1v) is 7.44. The van der Waals surface area contributed by atoms with E-state index in [2.05, 4.69) is 10.5 Å². The fourth-order valence-electron chi connectivity index (χ4n) is 2.21. The lowest BCUT2D eigenvalue weighted by atomic mass is 10.2. The van der Waals surface area contributed by atoms with E-state index in [1.165, 1.54) is 0 Å². The first-order valence-electron chi connectivity index (χ1n) is 7.44. The first kappa shape index (κ1) is 16.1. The van der Waals surface area contributed by atoms with Crippen molar-refractivity contribution in [3.8, 4) is 5.75 Å². The molecule has 1 atom stereocenters. The van der Waals surface area contributed by atoms with Crippen molar-refractivity contribution < 1.29 is 14.1 Å². The number of rotatable bonds is 6. The minimum absolute atomic E-state index is 0.134. The summed E-state index contributed by atoms with van der Waals surface area (Å²) in [5, 5.41) is 6.77. The van der Waals surface area contributed by atoms with Gasteiger partial charge in [0.05, 0.1) is 5.69 Å². The SMILES string of the molecule is CCC(Oc1ccccc1C)C(=O)NCc1c(C)noc1C. The van der Waals surface area contributed by atoms with Gasteiger partial charge in [-0.3, -0.25) is 4.79 Å². The van der Waals surface area contributed by atoms with E-state index >= 15 is 0 Å². The molecule has 0 saturated heterocycles. The van der Waals surface area contributed by atoms with Crippen molar-refractivity contribution in [1.29, 1.82) is 0 Å². The molecule has 0 aliphatic heterocycles. The van der Waals surface area contributed by atoms with Gasteiger partial charge in [0.25, 0.3) is 5.91 Å². The highest BCUT2D eigenvalue weighted by molar-refractivity contribution is 5.81. The van der Waals surface area contributed by atoms with E-state index < -0.39 is 6.10 Å². The average molecular weight is 302 g/mol. The number of ether oxygens (including phenoxy) is 1. The molecule has 1 aromatic carbocycles. The van der Waals surface area contributed by atoms with Crippen LogP contribution in [0.4, 0.5) is 0 Å². The summed E-state index contributed by atoms with van der Waals surface area (Å²) < 4.78 is 10.9. The zero-order valence-corrected chi connectivity index (χ0v) is 13.5. The van der Waals surface area contributed by atoms with Gasteiger partial charge in [-0.25, -0.2) is 0 Å². The summed E-state index contributed by atoms with van der Waals surface area (Å²) >= 11 is 0. The minimum Gasteiger partial charge on any atom is -0.480 e. The second-order valence-corrected chi connectivity index (χ2v) is 5.30. The third kappa shape index (κ3) is 3.67. The quantitative estimate of drug-likeness (QED) is 0.890. The van der Waals surface area contributed by atoms with E-state index in [9.17, 15) is 4.79 Å². The second kappa shape index (κ2) is 7.11. The molecule has 0 bridgehead atoms. The molecular formula is C17H22N2O3. The number of hydrogen-bond donors (Lipinski definition) is 1. The number of nitrogens with one attached hydrogen (secondary N) is 1. The van der Waals surface area contributed by atoms with Crippen LogP contribution in [-0.4, -0.2) is 17.2 Å². The maximum atomic E-state index is 12.3. The van der Waals surface area contributed by atoms with Crippen LogP contribution >= 0.6 is 0 Å². The Hall–Kier alpha value is -2.30. The normalized spacial score (nSPS) is 12.0. The van der Waals surface area contributed by atoms with Crippen molar-refractivity contribution in [2.75, 3.05) is 0 Å². The predicted molar refractivity (Wildman–Crippen MR) is 83.7 cm³/mol. The Kier molecular flexibility index (Phi) is 5.20. The van der Waals surface area contributed by atoms with Crippen molar-refractivity contribution in [3.05, 3.63) is 46.8 Å². The molecule has 0 fully saturated rings. The fraction of sp³-hybridized carbons (Fsp3) is 0.412. The van der Waals surface area contributed by atoms with E-state index in [-0.39, 0.29) is 5.91 Å². The number of nitrogens with zero attached hydrogens (tertiary/aromatic N) is 1. The molecule has 1 aromatic heterocycles. The molecular weight excluding hydrogens is 280 g/mol. The molecule has 0 aliphatic rings. The van der Waals surface area contributed by atoms with Crippen LogP contribution in [0.2, 0.25) is 0 Å². The molecule has 2 rings (SSSR count). The molecule has 118 valence electrons. The monoisotopic (exact) mass is 302 g/mol. The molecule has 22 heavy (non-hydrogen) atoms. The number of para-hydroxylation sites is 1. The number of hydrogen-bond acceptors (Lipinski definition) is 4. The van der Waals surface area contributed by atoms with Crippen molar-refractivity contribution in [1.82, 2.24) is 10.5 Å². The van der Waals surface area contributed by atoms with Gasteiger partial charge in [0, 0.05) is 12.1 Å². The first-order chi connectivity index (χ1) is 10.5. The van der Waals surface area contributed by atoms with E-state index in [0.29, 0.717) is 13.0 Å². The highest BCUT2D eigenvalue weighted by Gasteiger charge is 2.20. The molecule has 1 amide bonds. The Labute approximate surface area is 130 Å². The summed E-state index contributed by atoms with van der Waals surface area (Å²) in [6.07, 6.45) is 0.0865. The Bertz CT molecular complexity index is 630. The summed E-state index contributed by atoms with van der Waals surface area (Å²) in [7, 11) is 0. The maximum absolute atomic E-state index is 12.3. The highest BCUT2D eigenvalue weighted by Crippen LogP contribution is 2.19. The van der Waals surface area contributed by atoms with Crippen molar-refractivity contribution in [2.45, 2.75) is 46.8 Å². The second-order valence-electron chi connectivity index (χ2n) is 5.30. The zero-order valence-electron chi connectivity index (χ0n) is 13.5. The summed E-state index contributed by atoms with van der Waals surface area (Å²) in [6.45, 7) is 7.98. The predicted octanol–water partition coefficient (Wildman–Crippen LogP) is 3.07. The molecule has 1 unspecified atom stereocenters. The Balaban J connectivity index is 1.99. The number of benzene rings is 1. The smallest absolute Gasteiger partial charge is 0.261 e. The molecule has 0 saturated carbocycles. The van der Waals surface area contributed by atoms with E-state index in [4.69, 9.17) is 9.26 Å². The third-order valence-electron chi connectivity index (χ3n) is 3.65. The van der Waals surface area contributed by atoms with Gasteiger partial charge < -0.3 is 14.6 Å². The lowest BCUT2D eigenvalue weighted by molar-refractivity contribution is -0.128. The highest BCUT2D eigenvalue weighted by atomic mass is 16.5. The van der Waals surface area contributed by atoms with Crippen LogP contribution in [0.1, 0.15) is 35.9 Å². The zero-order chi connectivity index (χ0) is 16.1. The largest absolute Gasteiger partial charge is 0.480 e. The lowest BCUT2D eigenvalue weighted by Crippen LogP contribution is -2.37. The Morgan fingerprint density at radius 1 is 1.32 bits per heavy atom. The van der Waals surface area contributed by atoms with Gasteiger partial charge in [-0.15, -0.1) is 0 Å². The topological polar surface area (TPSA) is 64.4 Å². The maximum Gasteiger partial charge on any atom is 0.261 e. The van der Waals surface area contributed by atoms with E-state index in [1.54, 1.807) is 0 Å². The van der Waals surface area contributed by atoms with Crippen LogP contribution in [0.5, 0.6) is 5.75 Å². The van der Waals surface area contributed by atoms with Crippen LogP contribution in [0.25, 0.3) is 0 Å². The van der Waals surface area contributed by atoms with Crippen molar-refractivity contribution >= 4 is 5.91 Å². The van der Waals surface area contributed by atoms with E-state index in [0.717, 1.165) is 28.3 Å². The van der Waals surface area contributed by atoms with Gasteiger partial charge in [-0.05, 0) is 38.8 Å². The lowest BCUT2D eigenvalue weighted by Gasteiger charge is -2.18. The van der Waals surface area contributed by atoms with Gasteiger partial charge in [0.15, 0.2) is 6.10 Å². The summed E-state index contributed by atoms with van der Waals surface area (Å²) in [6, 6.07) is 7.68. The van der Waals surface area contributed by atoms with Crippen molar-refractivity contribution in [2.24, 2.45) is 0 Å². The minimum atomic E-state index is -0.512. The molecule has 1 heterocycles. The molecule has 0 aliphatic carbocycles. The van der Waals surface area contributed by atoms with E-state index in [1.807, 2.05) is 52.0 Å². The van der Waals surface area contributed by atoms with Crippen LogP contribution in [0.15, 0.2) is 28.8 Å². The van der Waals surface area contributed by atoms with Crippen LogP contribution < -0.4 is 10.1 Å². The Morgan fingerprint density at radius 3 is 2.64 bits per heavy atom. The van der Waals surface area contributed by atoms with Crippen molar-refractivity contribution in [3.63, 3.8) is 0 Å². The average Bonchev–Trinajstić information content (AvgIpc) is 2.83. The van der Waals surface area contributed by atoms with Crippen LogP contribution in [-0.2, 0) is 11.3 Å². The van der Waals surface area contributed by atoms with Gasteiger partial charge >= 0.3 is 0 Å². The molecule has 0 spiro atoms. The number of carbonyl (C=O) groups is 1. The summed E-state index contributed by atoms with van der Waals surface area (Å²) in [5.74, 6) is 1.33. The van der Waals surface area contributed by atoms with Gasteiger partial charge in [-0.2, -0.15) is 0 Å². The number of carbonyl (C=O) groups excluding carboxylic acids is 1. The molecule has 5 nitrogen and oxygen atoms in total. The number of aromatic nitrogens is 1. The van der Waals surface area contributed by atoms with Gasteiger partial charge in [0.2, 0.25) is 0 Å². The molecule has 0 radical (unpaired) electrons. The molecule has 2 aromatic rings. The Morgan fingerprint density at radius 2 is 2.05 bits per heavy atom. The van der Waals surface area contributed by atoms with Gasteiger partial charge in [0.1, 0.15) is 11.5 Å². The molecule has 5 heteroatoms. The summed E-state index contributed by atoms with van der Waals surface area (Å²) in [5.41, 5.74) is 2.73. The number of aryl methyl sites for hydroxylation is 3. The molecule has 1 N–H and O–H groups in total. The summed E-state index contributed by atoms with van der Waals surface area (Å²) in [4.78, 5) is 12.3. The number of amides is 1. The fourth-order valence-corrected chi connectivity index (χ4v) is 2.21. The van der Waals surface area contributed by atoms with Crippen LogP contribution in [0.3, 0.4) is 0 Å². The standard InChI is InChI=1S/C17H22N2O3/c1-5-15(21-16-9-7-6-8-11(16)2)17(20)18-10-14-12(3)19-22-13(14)4/h6-9,15H,5,10H2,1-4H3,(H,18,20). The third-order valence-corrected chi connectivity index (χ3v) is 3.65. The van der Waals surface area contributed by atoms with Crippen LogP contribution in [0, 0.1) is 20.8 Å². The van der Waals surface area contributed by atoms with Gasteiger partial charge in [-0.1, -0.05) is 30.3 Å².